The van der Waals surface area contributed by atoms with E-state index in [1.54, 1.807) is 0 Å². The van der Waals surface area contributed by atoms with Crippen molar-refractivity contribution in [1.82, 2.24) is 10.6 Å². The average Bonchev–Trinajstić information content (AvgIpc) is 2.36. The standard InChI is InChI=1S/C13H15F2IN2O/c1-7-12(3-2-4-17-7)18-13(19)8-5-9(14)10(15)6-11(8)16/h5-7,12,17H,2-4H2,1H3,(H,18,19). The number of rotatable bonds is 2. The molecule has 0 aromatic heterocycles. The van der Waals surface area contributed by atoms with Crippen LogP contribution in [0.4, 0.5) is 8.78 Å². The second kappa shape index (κ2) is 6.13. The molecular weight excluding hydrogens is 365 g/mol. The van der Waals surface area contributed by atoms with Crippen LogP contribution in [-0.4, -0.2) is 24.5 Å². The summed E-state index contributed by atoms with van der Waals surface area (Å²) in [5.41, 5.74) is 0.178. The molecule has 3 nitrogen and oxygen atoms in total. The van der Waals surface area contributed by atoms with Crippen molar-refractivity contribution in [2.75, 3.05) is 6.54 Å². The van der Waals surface area contributed by atoms with E-state index in [1.807, 2.05) is 29.5 Å². The Bertz CT molecular complexity index is 496. The van der Waals surface area contributed by atoms with Crippen LogP contribution in [-0.2, 0) is 0 Å². The molecule has 1 fully saturated rings. The van der Waals surface area contributed by atoms with Gasteiger partial charge < -0.3 is 10.6 Å². The number of halogens is 3. The molecule has 2 rings (SSSR count). The van der Waals surface area contributed by atoms with Crippen molar-refractivity contribution in [2.45, 2.75) is 31.8 Å². The van der Waals surface area contributed by atoms with Gasteiger partial charge in [0, 0.05) is 15.7 Å². The number of carbonyl (C=O) groups is 1. The predicted octanol–water partition coefficient (Wildman–Crippen LogP) is 2.44. The summed E-state index contributed by atoms with van der Waals surface area (Å²) >= 11 is 1.83. The van der Waals surface area contributed by atoms with Gasteiger partial charge in [0.25, 0.3) is 5.91 Å². The van der Waals surface area contributed by atoms with Gasteiger partial charge in [0.1, 0.15) is 0 Å². The van der Waals surface area contributed by atoms with Crippen molar-refractivity contribution in [3.05, 3.63) is 32.9 Å². The minimum atomic E-state index is -1.000. The highest BCUT2D eigenvalue weighted by Gasteiger charge is 2.24. The van der Waals surface area contributed by atoms with Crippen molar-refractivity contribution in [3.8, 4) is 0 Å². The van der Waals surface area contributed by atoms with Crippen molar-refractivity contribution >= 4 is 28.5 Å². The molecule has 1 heterocycles. The molecular formula is C13H15F2IN2O. The molecule has 2 N–H and O–H groups in total. The number of carbonyl (C=O) groups excluding carboxylic acids is 1. The van der Waals surface area contributed by atoms with E-state index in [0.29, 0.717) is 3.57 Å². The molecule has 1 aromatic carbocycles. The minimum absolute atomic E-state index is 0.0187. The lowest BCUT2D eigenvalue weighted by Gasteiger charge is -2.30. The van der Waals surface area contributed by atoms with E-state index in [-0.39, 0.29) is 23.6 Å². The van der Waals surface area contributed by atoms with Crippen molar-refractivity contribution in [2.24, 2.45) is 0 Å². The van der Waals surface area contributed by atoms with Gasteiger partial charge >= 0.3 is 0 Å². The van der Waals surface area contributed by atoms with Crippen LogP contribution in [0.2, 0.25) is 0 Å². The third kappa shape index (κ3) is 3.42. The Labute approximate surface area is 124 Å². The highest BCUT2D eigenvalue weighted by molar-refractivity contribution is 14.1. The molecule has 19 heavy (non-hydrogen) atoms. The van der Waals surface area contributed by atoms with Gasteiger partial charge in [0.15, 0.2) is 11.6 Å². The molecule has 0 saturated carbocycles. The van der Waals surface area contributed by atoms with Crippen molar-refractivity contribution in [1.29, 1.82) is 0 Å². The Kier molecular flexibility index (Phi) is 4.72. The molecule has 0 radical (unpaired) electrons. The lowest BCUT2D eigenvalue weighted by molar-refractivity contribution is 0.0918. The Hall–Kier alpha value is -0.760. The molecule has 1 aliphatic heterocycles. The second-order valence-corrected chi connectivity index (χ2v) is 5.87. The van der Waals surface area contributed by atoms with Gasteiger partial charge in [-0.15, -0.1) is 0 Å². The first-order valence-corrected chi connectivity index (χ1v) is 7.25. The van der Waals surface area contributed by atoms with Crippen molar-refractivity contribution < 1.29 is 13.6 Å². The van der Waals surface area contributed by atoms with Crippen LogP contribution in [0.5, 0.6) is 0 Å². The van der Waals surface area contributed by atoms with Gasteiger partial charge in [-0.05, 0) is 61.0 Å². The van der Waals surface area contributed by atoms with Crippen LogP contribution in [0, 0.1) is 15.2 Å². The fourth-order valence-electron chi connectivity index (χ4n) is 2.18. The Balaban J connectivity index is 2.13. The van der Waals surface area contributed by atoms with Gasteiger partial charge in [-0.25, -0.2) is 8.78 Å². The predicted molar refractivity (Wildman–Crippen MR) is 77.0 cm³/mol. The third-order valence-corrected chi connectivity index (χ3v) is 4.23. The van der Waals surface area contributed by atoms with E-state index < -0.39 is 11.6 Å². The highest BCUT2D eigenvalue weighted by atomic mass is 127. The number of piperidine rings is 1. The fourth-order valence-corrected chi connectivity index (χ4v) is 2.86. The monoisotopic (exact) mass is 380 g/mol. The Morgan fingerprint density at radius 3 is 2.79 bits per heavy atom. The van der Waals surface area contributed by atoms with E-state index in [1.165, 1.54) is 0 Å². The van der Waals surface area contributed by atoms with Crippen LogP contribution in [0.1, 0.15) is 30.1 Å². The number of nitrogens with one attached hydrogen (secondary N) is 2. The maximum atomic E-state index is 13.2. The summed E-state index contributed by atoms with van der Waals surface area (Å²) in [6, 6.07) is 2.19. The Morgan fingerprint density at radius 1 is 1.42 bits per heavy atom. The van der Waals surface area contributed by atoms with Crippen LogP contribution in [0.25, 0.3) is 0 Å². The maximum absolute atomic E-state index is 13.2. The van der Waals surface area contributed by atoms with Gasteiger partial charge in [0.05, 0.1) is 5.56 Å². The number of hydrogen-bond donors (Lipinski definition) is 2. The molecule has 1 aliphatic rings. The first-order valence-electron chi connectivity index (χ1n) is 6.18. The summed E-state index contributed by atoms with van der Waals surface area (Å²) in [4.78, 5) is 12.1. The zero-order chi connectivity index (χ0) is 14.0. The summed E-state index contributed by atoms with van der Waals surface area (Å²) in [6.45, 7) is 2.94. The summed E-state index contributed by atoms with van der Waals surface area (Å²) in [5.74, 6) is -2.29. The van der Waals surface area contributed by atoms with E-state index in [4.69, 9.17) is 0 Å². The lowest BCUT2D eigenvalue weighted by Crippen LogP contribution is -2.52. The maximum Gasteiger partial charge on any atom is 0.252 e. The smallest absolute Gasteiger partial charge is 0.252 e. The first kappa shape index (κ1) is 14.6. The van der Waals surface area contributed by atoms with Gasteiger partial charge in [0.2, 0.25) is 0 Å². The van der Waals surface area contributed by atoms with E-state index >= 15 is 0 Å². The molecule has 2 atom stereocenters. The third-order valence-electron chi connectivity index (χ3n) is 3.33. The van der Waals surface area contributed by atoms with E-state index in [9.17, 15) is 13.6 Å². The van der Waals surface area contributed by atoms with Crippen LogP contribution >= 0.6 is 22.6 Å². The summed E-state index contributed by atoms with van der Waals surface area (Å²) < 4.78 is 26.6. The number of benzene rings is 1. The molecule has 0 spiro atoms. The fraction of sp³-hybridized carbons (Fsp3) is 0.462. The molecule has 6 heteroatoms. The molecule has 1 saturated heterocycles. The minimum Gasteiger partial charge on any atom is -0.348 e. The average molecular weight is 380 g/mol. The molecule has 104 valence electrons. The number of hydrogen-bond acceptors (Lipinski definition) is 2. The second-order valence-electron chi connectivity index (χ2n) is 4.71. The summed E-state index contributed by atoms with van der Waals surface area (Å²) in [7, 11) is 0. The van der Waals surface area contributed by atoms with Crippen LogP contribution in [0.15, 0.2) is 12.1 Å². The van der Waals surface area contributed by atoms with Crippen LogP contribution in [0.3, 0.4) is 0 Å². The van der Waals surface area contributed by atoms with E-state index in [2.05, 4.69) is 10.6 Å². The lowest BCUT2D eigenvalue weighted by atomic mass is 9.99. The van der Waals surface area contributed by atoms with Gasteiger partial charge in [-0.2, -0.15) is 0 Å². The largest absolute Gasteiger partial charge is 0.348 e. The molecule has 1 aromatic rings. The molecule has 1 amide bonds. The quantitative estimate of drug-likeness (QED) is 0.612. The van der Waals surface area contributed by atoms with Gasteiger partial charge in [-0.1, -0.05) is 0 Å². The zero-order valence-corrected chi connectivity index (χ0v) is 12.6. The van der Waals surface area contributed by atoms with Crippen molar-refractivity contribution in [3.63, 3.8) is 0 Å². The topological polar surface area (TPSA) is 41.1 Å². The first-order chi connectivity index (χ1) is 8.99. The molecule has 0 aliphatic carbocycles. The summed E-state index contributed by atoms with van der Waals surface area (Å²) in [6.07, 6.45) is 1.88. The molecule has 2 unspecified atom stereocenters. The normalized spacial score (nSPS) is 23.2. The number of amides is 1. The SMILES string of the molecule is CC1NCCCC1NC(=O)c1cc(F)c(F)cc1I. The van der Waals surface area contributed by atoms with Crippen LogP contribution < -0.4 is 10.6 Å². The van der Waals surface area contributed by atoms with E-state index in [0.717, 1.165) is 31.5 Å². The molecule has 0 bridgehead atoms. The highest BCUT2D eigenvalue weighted by Crippen LogP contribution is 2.18. The summed E-state index contributed by atoms with van der Waals surface area (Å²) in [5, 5.41) is 6.15. The zero-order valence-electron chi connectivity index (χ0n) is 10.5. The van der Waals surface area contributed by atoms with Gasteiger partial charge in [-0.3, -0.25) is 4.79 Å². The Morgan fingerprint density at radius 2 is 2.11 bits per heavy atom.